The second kappa shape index (κ2) is 9.43. The Morgan fingerprint density at radius 3 is 2.04 bits per heavy atom. The van der Waals surface area contributed by atoms with E-state index in [9.17, 15) is 4.79 Å². The van der Waals surface area contributed by atoms with E-state index in [4.69, 9.17) is 0 Å². The van der Waals surface area contributed by atoms with Crippen LogP contribution in [-0.4, -0.2) is 15.0 Å². The molecule has 216 valence electrons. The number of benzene rings is 7. The minimum absolute atomic E-state index is 0.0434. The van der Waals surface area contributed by atoms with Gasteiger partial charge in [0.25, 0.3) is 5.91 Å². The van der Waals surface area contributed by atoms with Crippen LogP contribution in [0.3, 0.4) is 0 Å². The summed E-state index contributed by atoms with van der Waals surface area (Å²) in [6.45, 7) is 0.525. The first-order valence-electron chi connectivity index (χ1n) is 15.7. The lowest BCUT2D eigenvalue weighted by atomic mass is 10.1. The monoisotopic (exact) mass is 589 g/mol. The van der Waals surface area contributed by atoms with Gasteiger partial charge in [-0.3, -0.25) is 4.79 Å². The molecule has 3 heterocycles. The van der Waals surface area contributed by atoms with E-state index in [0.717, 1.165) is 44.7 Å². The highest BCUT2D eigenvalue weighted by molar-refractivity contribution is 6.26. The maximum atomic E-state index is 13.8. The number of nitrogens with zero attached hydrogens (tertiary/aromatic N) is 3. The minimum Gasteiger partial charge on any atom is -0.309 e. The van der Waals surface area contributed by atoms with Gasteiger partial charge in [0, 0.05) is 44.0 Å². The van der Waals surface area contributed by atoms with E-state index in [1.807, 2.05) is 47.4 Å². The van der Waals surface area contributed by atoms with Gasteiger partial charge in [-0.25, -0.2) is 0 Å². The highest BCUT2D eigenvalue weighted by atomic mass is 16.2. The van der Waals surface area contributed by atoms with Crippen molar-refractivity contribution in [2.75, 3.05) is 4.90 Å². The maximum Gasteiger partial charge on any atom is 0.259 e. The second-order valence-corrected chi connectivity index (χ2v) is 12.1. The molecule has 0 unspecified atom stereocenters. The Bertz CT molecular complexity index is 2700. The van der Waals surface area contributed by atoms with Crippen molar-refractivity contribution >= 4 is 66.0 Å². The highest BCUT2D eigenvalue weighted by Crippen LogP contribution is 2.43. The van der Waals surface area contributed by atoms with Crippen molar-refractivity contribution in [1.29, 1.82) is 0 Å². The van der Waals surface area contributed by atoms with Gasteiger partial charge in [-0.1, -0.05) is 97.1 Å². The summed E-state index contributed by atoms with van der Waals surface area (Å²) >= 11 is 0. The summed E-state index contributed by atoms with van der Waals surface area (Å²) in [4.78, 5) is 15.7. The molecule has 10 rings (SSSR count). The van der Waals surface area contributed by atoms with Gasteiger partial charge in [0.1, 0.15) is 0 Å². The molecule has 1 aliphatic heterocycles. The number of aromatic nitrogens is 2. The standard InChI is InChI=1S/C42H27N3O/c46-42-33-17-10-20-38(35(33)26-43(42)29-13-2-1-3-14-29)45-36-18-8-6-15-31(36)32-23-24-39-40(41(32)45)34-16-7-9-19-37(34)44(39)30-22-21-27-11-4-5-12-28(27)25-30/h1-25H,26H2. The quantitative estimate of drug-likeness (QED) is 0.202. The van der Waals surface area contributed by atoms with Crippen LogP contribution >= 0.6 is 0 Å². The topological polar surface area (TPSA) is 30.2 Å². The zero-order chi connectivity index (χ0) is 30.4. The van der Waals surface area contributed by atoms with Crippen LogP contribution in [0.25, 0.3) is 65.8 Å². The Labute approximate surface area is 264 Å². The lowest BCUT2D eigenvalue weighted by Gasteiger charge is -2.16. The van der Waals surface area contributed by atoms with Crippen LogP contribution in [0, 0.1) is 0 Å². The summed E-state index contributed by atoms with van der Waals surface area (Å²) in [5, 5.41) is 7.25. The summed E-state index contributed by atoms with van der Waals surface area (Å²) in [7, 11) is 0. The smallest absolute Gasteiger partial charge is 0.259 e. The Morgan fingerprint density at radius 1 is 0.478 bits per heavy atom. The molecule has 0 radical (unpaired) electrons. The van der Waals surface area contributed by atoms with Crippen molar-refractivity contribution in [2.24, 2.45) is 0 Å². The number of carbonyl (C=O) groups is 1. The van der Waals surface area contributed by atoms with Gasteiger partial charge in [0.15, 0.2) is 0 Å². The van der Waals surface area contributed by atoms with Crippen LogP contribution in [0.4, 0.5) is 5.69 Å². The third-order valence-electron chi connectivity index (χ3n) is 9.71. The normalized spacial score (nSPS) is 13.1. The molecule has 1 amide bonds. The molecule has 0 bridgehead atoms. The van der Waals surface area contributed by atoms with Crippen molar-refractivity contribution in [2.45, 2.75) is 6.54 Å². The fourth-order valence-corrected chi connectivity index (χ4v) is 7.70. The second-order valence-electron chi connectivity index (χ2n) is 12.1. The summed E-state index contributed by atoms with van der Waals surface area (Å²) in [6, 6.07) is 53.3. The first-order chi connectivity index (χ1) is 22.8. The number of amides is 1. The van der Waals surface area contributed by atoms with E-state index in [2.05, 4.69) is 118 Å². The number of hydrogen-bond donors (Lipinski definition) is 0. The minimum atomic E-state index is 0.0434. The molecule has 2 aromatic heterocycles. The summed E-state index contributed by atoms with van der Waals surface area (Å²) in [6.07, 6.45) is 0. The van der Waals surface area contributed by atoms with Crippen LogP contribution in [0.2, 0.25) is 0 Å². The molecule has 4 heteroatoms. The van der Waals surface area contributed by atoms with Gasteiger partial charge >= 0.3 is 0 Å². The van der Waals surface area contributed by atoms with Crippen LogP contribution in [0.1, 0.15) is 15.9 Å². The van der Waals surface area contributed by atoms with Crippen molar-refractivity contribution in [1.82, 2.24) is 9.13 Å². The molecule has 1 aliphatic rings. The van der Waals surface area contributed by atoms with Gasteiger partial charge < -0.3 is 14.0 Å². The average Bonchev–Trinajstić information content (AvgIpc) is 3.76. The molecule has 9 aromatic rings. The molecular weight excluding hydrogens is 562 g/mol. The maximum absolute atomic E-state index is 13.8. The fraction of sp³-hybridized carbons (Fsp3) is 0.0238. The zero-order valence-corrected chi connectivity index (χ0v) is 24.9. The first kappa shape index (κ1) is 25.2. The number of rotatable bonds is 3. The molecule has 0 fully saturated rings. The molecule has 0 spiro atoms. The third kappa shape index (κ3) is 3.41. The Kier molecular flexibility index (Phi) is 5.17. The number of hydrogen-bond acceptors (Lipinski definition) is 1. The van der Waals surface area contributed by atoms with Crippen molar-refractivity contribution < 1.29 is 4.79 Å². The summed E-state index contributed by atoms with van der Waals surface area (Å²) < 4.78 is 4.80. The largest absolute Gasteiger partial charge is 0.309 e. The molecule has 46 heavy (non-hydrogen) atoms. The molecule has 4 nitrogen and oxygen atoms in total. The van der Waals surface area contributed by atoms with Gasteiger partial charge in [0.05, 0.1) is 34.3 Å². The van der Waals surface area contributed by atoms with Crippen LogP contribution in [0.5, 0.6) is 0 Å². The van der Waals surface area contributed by atoms with Gasteiger partial charge in [0.2, 0.25) is 0 Å². The predicted molar refractivity (Wildman–Crippen MR) is 190 cm³/mol. The van der Waals surface area contributed by atoms with Gasteiger partial charge in [-0.2, -0.15) is 0 Å². The first-order valence-corrected chi connectivity index (χ1v) is 15.7. The summed E-state index contributed by atoms with van der Waals surface area (Å²) in [5.41, 5.74) is 9.52. The number of anilines is 1. The Morgan fingerprint density at radius 2 is 1.20 bits per heavy atom. The fourth-order valence-electron chi connectivity index (χ4n) is 7.70. The Balaban J connectivity index is 1.31. The van der Waals surface area contributed by atoms with Crippen LogP contribution in [0.15, 0.2) is 152 Å². The van der Waals surface area contributed by atoms with Gasteiger partial charge in [-0.05, 0) is 65.4 Å². The molecule has 0 saturated carbocycles. The Hall–Kier alpha value is -6.13. The van der Waals surface area contributed by atoms with E-state index < -0.39 is 0 Å². The molecule has 0 atom stereocenters. The van der Waals surface area contributed by atoms with Gasteiger partial charge in [-0.15, -0.1) is 0 Å². The number of fused-ring (bicyclic) bond motifs is 9. The van der Waals surface area contributed by atoms with E-state index in [1.165, 1.54) is 37.8 Å². The SMILES string of the molecule is O=C1c2cccc(-n3c4ccccc4c4ccc5c(c6ccccc6n5-c5ccc6ccccc6c5)c43)c2CN1c1ccccc1. The van der Waals surface area contributed by atoms with Crippen molar-refractivity contribution in [3.05, 3.63) is 163 Å². The molecular formula is C42H27N3O. The summed E-state index contributed by atoms with van der Waals surface area (Å²) in [5.74, 6) is 0.0434. The van der Waals surface area contributed by atoms with E-state index in [0.29, 0.717) is 6.54 Å². The van der Waals surface area contributed by atoms with Crippen LogP contribution < -0.4 is 4.90 Å². The van der Waals surface area contributed by atoms with Crippen molar-refractivity contribution in [3.63, 3.8) is 0 Å². The lowest BCUT2D eigenvalue weighted by Crippen LogP contribution is -2.22. The average molecular weight is 590 g/mol. The zero-order valence-electron chi connectivity index (χ0n) is 24.9. The van der Waals surface area contributed by atoms with E-state index in [1.54, 1.807) is 0 Å². The third-order valence-corrected chi connectivity index (χ3v) is 9.71. The molecule has 0 saturated heterocycles. The van der Waals surface area contributed by atoms with Crippen LogP contribution in [-0.2, 0) is 6.54 Å². The molecule has 7 aromatic carbocycles. The number of para-hydroxylation sites is 3. The lowest BCUT2D eigenvalue weighted by molar-refractivity contribution is 0.0996. The highest BCUT2D eigenvalue weighted by Gasteiger charge is 2.32. The molecule has 0 N–H and O–H groups in total. The number of carbonyl (C=O) groups excluding carboxylic acids is 1. The molecule has 0 aliphatic carbocycles. The predicted octanol–water partition coefficient (Wildman–Crippen LogP) is 10.2. The van der Waals surface area contributed by atoms with E-state index in [-0.39, 0.29) is 5.91 Å². The van der Waals surface area contributed by atoms with Crippen molar-refractivity contribution in [3.8, 4) is 11.4 Å². The van der Waals surface area contributed by atoms with E-state index >= 15 is 0 Å².